The Labute approximate surface area is 118 Å². The predicted octanol–water partition coefficient (Wildman–Crippen LogP) is 0.978. The van der Waals surface area contributed by atoms with Gasteiger partial charge >= 0.3 is 6.09 Å². The van der Waals surface area contributed by atoms with Crippen LogP contribution in [0, 0.1) is 0 Å². The third-order valence-electron chi connectivity index (χ3n) is 2.57. The van der Waals surface area contributed by atoms with Crippen molar-refractivity contribution in [3.8, 4) is 0 Å². The number of ether oxygens (including phenoxy) is 1. The first-order valence-corrected chi connectivity index (χ1v) is 6.38. The van der Waals surface area contributed by atoms with Crippen LogP contribution in [-0.2, 0) is 4.74 Å². The molecule has 1 rings (SSSR count). The van der Waals surface area contributed by atoms with Gasteiger partial charge in [-0.05, 0) is 27.8 Å². The van der Waals surface area contributed by atoms with E-state index in [0.717, 1.165) is 0 Å². The highest BCUT2D eigenvalue weighted by Crippen LogP contribution is 2.09. The molecule has 0 aromatic carbocycles. The van der Waals surface area contributed by atoms with E-state index in [2.05, 4.69) is 10.3 Å². The molecule has 1 amide bonds. The molecule has 1 aromatic rings. The Morgan fingerprint density at radius 3 is 2.55 bits per heavy atom. The van der Waals surface area contributed by atoms with Crippen LogP contribution in [0.1, 0.15) is 25.6 Å². The number of rotatable bonds is 4. The quantitative estimate of drug-likeness (QED) is 0.890. The van der Waals surface area contributed by atoms with Gasteiger partial charge in [0, 0.05) is 26.0 Å². The molecule has 0 saturated carbocycles. The van der Waals surface area contributed by atoms with Crippen molar-refractivity contribution in [3.63, 3.8) is 0 Å². The van der Waals surface area contributed by atoms with Crippen molar-refractivity contribution in [1.82, 2.24) is 19.8 Å². The lowest BCUT2D eigenvalue weighted by molar-refractivity contribution is 0.0283. The highest BCUT2D eigenvalue weighted by molar-refractivity contribution is 5.84. The Balaban J connectivity index is 2.64. The summed E-state index contributed by atoms with van der Waals surface area (Å²) in [6.07, 6.45) is 4.07. The molecule has 0 fully saturated rings. The summed E-state index contributed by atoms with van der Waals surface area (Å²) in [5.41, 5.74) is -0.561. The molecule has 1 unspecified atom stereocenters. The van der Waals surface area contributed by atoms with Crippen LogP contribution in [0.4, 0.5) is 4.79 Å². The molecule has 1 heterocycles. The van der Waals surface area contributed by atoms with Crippen LogP contribution in [0.2, 0.25) is 0 Å². The maximum Gasteiger partial charge on any atom is 0.410 e. The Hall–Kier alpha value is -1.89. The van der Waals surface area contributed by atoms with E-state index < -0.39 is 17.7 Å². The summed E-state index contributed by atoms with van der Waals surface area (Å²) in [6.45, 7) is 5.60. The Morgan fingerprint density at radius 1 is 1.45 bits per heavy atom. The molecule has 0 aliphatic heterocycles. The van der Waals surface area contributed by atoms with Gasteiger partial charge in [-0.2, -0.15) is 0 Å². The number of aromatic nitrogens is 2. The van der Waals surface area contributed by atoms with E-state index in [4.69, 9.17) is 4.74 Å². The fourth-order valence-corrected chi connectivity index (χ4v) is 1.55. The van der Waals surface area contributed by atoms with Gasteiger partial charge in [-0.3, -0.25) is 9.36 Å². The van der Waals surface area contributed by atoms with Crippen LogP contribution in [0.15, 0.2) is 18.7 Å². The van der Waals surface area contributed by atoms with Crippen molar-refractivity contribution in [2.24, 2.45) is 0 Å². The average molecular weight is 282 g/mol. The number of hydrogen-bond acceptors (Lipinski definition) is 5. The summed E-state index contributed by atoms with van der Waals surface area (Å²) >= 11 is 0. The molecule has 112 valence electrons. The van der Waals surface area contributed by atoms with Crippen LogP contribution in [0.3, 0.4) is 0 Å². The molecule has 0 bridgehead atoms. The summed E-state index contributed by atoms with van der Waals surface area (Å²) in [5, 5.41) is 2.89. The smallest absolute Gasteiger partial charge is 0.410 e. The summed E-state index contributed by atoms with van der Waals surface area (Å²) in [6, 6.07) is -0.526. The number of carbonyl (C=O) groups is 2. The lowest BCUT2D eigenvalue weighted by Crippen LogP contribution is -2.48. The van der Waals surface area contributed by atoms with E-state index in [-0.39, 0.29) is 12.5 Å². The lowest BCUT2D eigenvalue weighted by atomic mass is 10.2. The highest BCUT2D eigenvalue weighted by Gasteiger charge is 2.25. The molecule has 1 atom stereocenters. The topological polar surface area (TPSA) is 76.5 Å². The van der Waals surface area contributed by atoms with Gasteiger partial charge in [-0.1, -0.05) is 0 Å². The van der Waals surface area contributed by atoms with Crippen molar-refractivity contribution in [2.45, 2.75) is 32.4 Å². The summed E-state index contributed by atoms with van der Waals surface area (Å²) < 4.78 is 6.62. The first-order valence-electron chi connectivity index (χ1n) is 6.38. The van der Waals surface area contributed by atoms with Gasteiger partial charge in [0.05, 0.1) is 0 Å². The van der Waals surface area contributed by atoms with Crippen molar-refractivity contribution >= 4 is 12.0 Å². The average Bonchev–Trinajstić information content (AvgIpc) is 2.86. The van der Waals surface area contributed by atoms with Gasteiger partial charge in [0.1, 0.15) is 18.0 Å². The number of nitrogens with zero attached hydrogens (tertiary/aromatic N) is 3. The van der Waals surface area contributed by atoms with Crippen molar-refractivity contribution in [2.75, 3.05) is 20.6 Å². The number of imidazole rings is 1. The van der Waals surface area contributed by atoms with Crippen molar-refractivity contribution in [3.05, 3.63) is 18.7 Å². The monoisotopic (exact) mass is 282 g/mol. The summed E-state index contributed by atoms with van der Waals surface area (Å²) in [7, 11) is 3.27. The Kier molecular flexibility index (Phi) is 5.26. The first kappa shape index (κ1) is 16.2. The molecule has 1 aromatic heterocycles. The van der Waals surface area contributed by atoms with Crippen molar-refractivity contribution < 1.29 is 14.3 Å². The maximum absolute atomic E-state index is 12.2. The third kappa shape index (κ3) is 4.65. The number of hydrogen-bond donors (Lipinski definition) is 1. The van der Waals surface area contributed by atoms with Crippen LogP contribution >= 0.6 is 0 Å². The third-order valence-corrected chi connectivity index (χ3v) is 2.57. The van der Waals surface area contributed by atoms with E-state index in [9.17, 15) is 9.59 Å². The van der Waals surface area contributed by atoms with Gasteiger partial charge in [-0.25, -0.2) is 9.78 Å². The second kappa shape index (κ2) is 6.51. The largest absolute Gasteiger partial charge is 0.444 e. The van der Waals surface area contributed by atoms with Gasteiger partial charge in [-0.15, -0.1) is 0 Å². The zero-order valence-electron chi connectivity index (χ0n) is 12.6. The maximum atomic E-state index is 12.2. The molecule has 7 heteroatoms. The molecule has 0 aliphatic rings. The fraction of sp³-hybridized carbons (Fsp3) is 0.615. The molecule has 0 aliphatic carbocycles. The molecule has 0 radical (unpaired) electrons. The molecular weight excluding hydrogens is 260 g/mol. The predicted molar refractivity (Wildman–Crippen MR) is 74.6 cm³/mol. The van der Waals surface area contributed by atoms with Gasteiger partial charge in [0.25, 0.3) is 5.91 Å². The van der Waals surface area contributed by atoms with Gasteiger partial charge in [0.15, 0.2) is 0 Å². The number of amides is 1. The highest BCUT2D eigenvalue weighted by atomic mass is 16.6. The number of carbonyl (C=O) groups excluding carboxylic acids is 2. The van der Waals surface area contributed by atoms with Crippen LogP contribution in [-0.4, -0.2) is 58.7 Å². The Morgan fingerprint density at radius 2 is 2.10 bits per heavy atom. The SMILES string of the molecule is CNC(CN(C)C(=O)OC(C)(C)C)C(=O)n1ccnc1. The molecule has 0 saturated heterocycles. The number of nitrogens with one attached hydrogen (secondary N) is 1. The standard InChI is InChI=1S/C13H22N4O3/c1-13(2,3)20-12(19)16(5)8-10(14-4)11(18)17-7-6-15-9-17/h6-7,9-10,14H,8H2,1-5H3. The second-order valence-corrected chi connectivity index (χ2v) is 5.51. The minimum atomic E-state index is -0.561. The van der Waals surface area contributed by atoms with Crippen LogP contribution < -0.4 is 5.32 Å². The van der Waals surface area contributed by atoms with E-state index in [0.29, 0.717) is 0 Å². The zero-order valence-corrected chi connectivity index (χ0v) is 12.6. The molecule has 0 spiro atoms. The summed E-state index contributed by atoms with van der Waals surface area (Å²) in [4.78, 5) is 29.2. The van der Waals surface area contributed by atoms with Crippen LogP contribution in [0.5, 0.6) is 0 Å². The number of likely N-dealkylation sites (N-methyl/N-ethyl adjacent to an activating group) is 2. The Bertz CT molecular complexity index is 451. The van der Waals surface area contributed by atoms with E-state index >= 15 is 0 Å². The van der Waals surface area contributed by atoms with Gasteiger partial charge in [0.2, 0.25) is 0 Å². The molecule has 1 N–H and O–H groups in total. The normalized spacial score (nSPS) is 12.8. The molecular formula is C13H22N4O3. The van der Waals surface area contributed by atoms with E-state index in [1.807, 2.05) is 0 Å². The second-order valence-electron chi connectivity index (χ2n) is 5.51. The van der Waals surface area contributed by atoms with E-state index in [1.165, 1.54) is 22.0 Å². The molecule has 7 nitrogen and oxygen atoms in total. The van der Waals surface area contributed by atoms with Crippen molar-refractivity contribution in [1.29, 1.82) is 0 Å². The fourth-order valence-electron chi connectivity index (χ4n) is 1.55. The molecule has 20 heavy (non-hydrogen) atoms. The lowest BCUT2D eigenvalue weighted by Gasteiger charge is -2.27. The minimum Gasteiger partial charge on any atom is -0.444 e. The summed E-state index contributed by atoms with van der Waals surface area (Å²) in [5.74, 6) is -0.180. The van der Waals surface area contributed by atoms with E-state index in [1.54, 1.807) is 41.1 Å². The minimum absolute atomic E-state index is 0.180. The zero-order chi connectivity index (χ0) is 15.3. The van der Waals surface area contributed by atoms with Gasteiger partial charge < -0.3 is 15.0 Å². The van der Waals surface area contributed by atoms with Crippen LogP contribution in [0.25, 0.3) is 0 Å². The first-order chi connectivity index (χ1) is 9.24.